The van der Waals surface area contributed by atoms with E-state index in [1.165, 1.54) is 77.0 Å². The first-order valence-electron chi connectivity index (χ1n) is 19.4. The Kier molecular flexibility index (Phi) is 34.7. The average molecular weight is 714 g/mol. The summed E-state index contributed by atoms with van der Waals surface area (Å²) in [5.41, 5.74) is 0. The third-order valence-corrected chi connectivity index (χ3v) is 9.00. The second-order valence-electron chi connectivity index (χ2n) is 12.8. The van der Waals surface area contributed by atoms with E-state index in [1.54, 1.807) is 7.05 Å². The lowest BCUT2D eigenvalue weighted by Gasteiger charge is -2.20. The number of hydrogen-bond acceptors (Lipinski definition) is 8. The number of ether oxygens (including phenoxy) is 2. The number of carbonyl (C=O) groups excluding carboxylic acids is 2. The van der Waals surface area contributed by atoms with Crippen LogP contribution in [-0.4, -0.2) is 56.3 Å². The number of hydrogen-bond donors (Lipinski definition) is 2. The van der Waals surface area contributed by atoms with Crippen LogP contribution in [0.3, 0.4) is 0 Å². The first kappa shape index (κ1) is 47.2. The normalized spacial score (nSPS) is 13.8. The van der Waals surface area contributed by atoms with Crippen molar-refractivity contribution in [3.63, 3.8) is 0 Å². The quantitative estimate of drug-likeness (QED) is 0.0283. The van der Waals surface area contributed by atoms with Crippen LogP contribution in [0.2, 0.25) is 0 Å². The zero-order chi connectivity index (χ0) is 36.1. The van der Waals surface area contributed by atoms with E-state index >= 15 is 0 Å². The second-order valence-corrected chi connectivity index (χ2v) is 14.2. The number of phosphoric acid groups is 1. The Morgan fingerprint density at radius 3 is 1.67 bits per heavy atom. The first-order valence-corrected chi connectivity index (χ1v) is 20.9. The molecule has 49 heavy (non-hydrogen) atoms. The highest BCUT2D eigenvalue weighted by atomic mass is 31.2. The zero-order valence-electron chi connectivity index (χ0n) is 31.4. The number of esters is 2. The molecule has 0 aromatic heterocycles. The topological polar surface area (TPSA) is 120 Å². The van der Waals surface area contributed by atoms with Crippen molar-refractivity contribution in [3.05, 3.63) is 36.5 Å². The van der Waals surface area contributed by atoms with Crippen molar-refractivity contribution < 1.29 is 37.6 Å². The molecule has 0 spiro atoms. The Balaban J connectivity index is 4.35. The molecule has 0 saturated heterocycles. The number of likely N-dealkylation sites (N-methyl/N-ethyl adjacent to an activating group) is 1. The fraction of sp³-hybridized carbons (Fsp3) is 0.795. The molecule has 0 aliphatic carbocycles. The van der Waals surface area contributed by atoms with Crippen LogP contribution in [0.25, 0.3) is 0 Å². The lowest BCUT2D eigenvalue weighted by molar-refractivity contribution is -0.161. The van der Waals surface area contributed by atoms with Crippen molar-refractivity contribution in [2.24, 2.45) is 0 Å². The summed E-state index contributed by atoms with van der Waals surface area (Å²) in [6.45, 7) is 4.13. The molecule has 0 heterocycles. The highest BCUT2D eigenvalue weighted by Crippen LogP contribution is 2.43. The van der Waals surface area contributed by atoms with Gasteiger partial charge in [0.2, 0.25) is 0 Å². The van der Waals surface area contributed by atoms with Gasteiger partial charge in [-0.3, -0.25) is 18.6 Å². The molecular formula is C39H72NO8P. The van der Waals surface area contributed by atoms with Crippen LogP contribution >= 0.6 is 7.82 Å². The van der Waals surface area contributed by atoms with Crippen LogP contribution in [-0.2, 0) is 32.7 Å². The minimum atomic E-state index is -4.35. The summed E-state index contributed by atoms with van der Waals surface area (Å²) in [5.74, 6) is -0.852. The summed E-state index contributed by atoms with van der Waals surface area (Å²) in [6.07, 6.45) is 36.2. The molecule has 9 nitrogen and oxygen atoms in total. The van der Waals surface area contributed by atoms with Gasteiger partial charge in [-0.2, -0.15) is 0 Å². The molecule has 0 rings (SSSR count). The molecule has 2 atom stereocenters. The Morgan fingerprint density at radius 2 is 1.10 bits per heavy atom. The average Bonchev–Trinajstić information content (AvgIpc) is 3.08. The predicted molar refractivity (Wildman–Crippen MR) is 201 cm³/mol. The fourth-order valence-corrected chi connectivity index (χ4v) is 5.78. The van der Waals surface area contributed by atoms with E-state index in [4.69, 9.17) is 18.5 Å². The molecule has 0 aliphatic rings. The number of nitrogens with one attached hydrogen (secondary N) is 1. The van der Waals surface area contributed by atoms with Gasteiger partial charge in [0.15, 0.2) is 6.10 Å². The summed E-state index contributed by atoms with van der Waals surface area (Å²) < 4.78 is 33.0. The van der Waals surface area contributed by atoms with Crippen molar-refractivity contribution in [2.75, 3.05) is 33.4 Å². The highest BCUT2D eigenvalue weighted by Gasteiger charge is 2.26. The lowest BCUT2D eigenvalue weighted by Crippen LogP contribution is -2.29. The van der Waals surface area contributed by atoms with E-state index in [1.807, 2.05) is 0 Å². The summed E-state index contributed by atoms with van der Waals surface area (Å²) in [6, 6.07) is 0. The smallest absolute Gasteiger partial charge is 0.462 e. The molecule has 0 aliphatic heterocycles. The SMILES string of the molecule is CCCCC/C=C\C/C=C\C/C=C\CCCCC(=O)OCC(COP(=O)(O)OCCNC)OC(=O)CCCCCCCCCCCCCC. The minimum Gasteiger partial charge on any atom is -0.462 e. The molecule has 0 aromatic rings. The van der Waals surface area contributed by atoms with Crippen LogP contribution < -0.4 is 5.32 Å². The molecule has 0 amide bonds. The molecule has 0 aromatic carbocycles. The van der Waals surface area contributed by atoms with Gasteiger partial charge < -0.3 is 19.7 Å². The third kappa shape index (κ3) is 35.8. The van der Waals surface area contributed by atoms with E-state index in [2.05, 4.69) is 55.6 Å². The van der Waals surface area contributed by atoms with Gasteiger partial charge in [-0.1, -0.05) is 134 Å². The first-order chi connectivity index (χ1) is 23.8. The van der Waals surface area contributed by atoms with Crippen molar-refractivity contribution in [3.8, 4) is 0 Å². The lowest BCUT2D eigenvalue weighted by atomic mass is 10.0. The largest absolute Gasteiger partial charge is 0.472 e. The molecule has 0 fully saturated rings. The van der Waals surface area contributed by atoms with Gasteiger partial charge in [-0.15, -0.1) is 0 Å². The van der Waals surface area contributed by atoms with Gasteiger partial charge in [0, 0.05) is 19.4 Å². The standard InChI is InChI=1S/C39H72NO8P/c1-4-6-8-10-12-14-16-18-19-20-22-23-25-27-29-31-38(41)45-35-37(36-47-49(43,44)46-34-33-40-3)48-39(42)32-30-28-26-24-21-17-15-13-11-9-7-5-2/h12,14,18-19,22-23,37,40H,4-11,13,15-17,20-21,24-36H2,1-3H3,(H,43,44)/b14-12-,19-18-,23-22-. The van der Waals surface area contributed by atoms with Gasteiger partial charge in [-0.05, 0) is 58.4 Å². The monoisotopic (exact) mass is 713 g/mol. The number of carbonyl (C=O) groups is 2. The van der Waals surface area contributed by atoms with Crippen molar-refractivity contribution in [1.29, 1.82) is 0 Å². The van der Waals surface area contributed by atoms with Crippen LogP contribution in [0.5, 0.6) is 0 Å². The fourth-order valence-electron chi connectivity index (χ4n) is 5.03. The Morgan fingerprint density at radius 1 is 0.633 bits per heavy atom. The Bertz CT molecular complexity index is 907. The maximum absolute atomic E-state index is 12.5. The minimum absolute atomic E-state index is 0.0224. The van der Waals surface area contributed by atoms with Crippen LogP contribution in [0.15, 0.2) is 36.5 Å². The van der Waals surface area contributed by atoms with Crippen molar-refractivity contribution in [1.82, 2.24) is 5.32 Å². The van der Waals surface area contributed by atoms with E-state index in [0.29, 0.717) is 19.4 Å². The van der Waals surface area contributed by atoms with Crippen LogP contribution in [0.1, 0.15) is 162 Å². The van der Waals surface area contributed by atoms with Crippen molar-refractivity contribution in [2.45, 2.75) is 168 Å². The van der Waals surface area contributed by atoms with Crippen LogP contribution in [0.4, 0.5) is 0 Å². The zero-order valence-corrected chi connectivity index (χ0v) is 32.3. The molecule has 0 saturated carbocycles. The maximum atomic E-state index is 12.5. The molecule has 0 bridgehead atoms. The maximum Gasteiger partial charge on any atom is 0.472 e. The summed E-state index contributed by atoms with van der Waals surface area (Å²) in [7, 11) is -2.66. The molecule has 2 unspecified atom stereocenters. The predicted octanol–water partition coefficient (Wildman–Crippen LogP) is 10.5. The number of allylic oxidation sites excluding steroid dienone is 6. The summed E-state index contributed by atoms with van der Waals surface area (Å²) >= 11 is 0. The number of rotatable bonds is 36. The highest BCUT2D eigenvalue weighted by molar-refractivity contribution is 7.47. The van der Waals surface area contributed by atoms with Gasteiger partial charge in [-0.25, -0.2) is 4.57 Å². The Labute approximate surface area is 299 Å². The molecule has 10 heteroatoms. The molecule has 286 valence electrons. The molecule has 2 N–H and O–H groups in total. The molecular weight excluding hydrogens is 641 g/mol. The van der Waals surface area contributed by atoms with E-state index in [9.17, 15) is 19.0 Å². The van der Waals surface area contributed by atoms with Gasteiger partial charge in [0.05, 0.1) is 13.2 Å². The van der Waals surface area contributed by atoms with Gasteiger partial charge in [0.1, 0.15) is 6.61 Å². The summed E-state index contributed by atoms with van der Waals surface area (Å²) in [5, 5.41) is 2.81. The van der Waals surface area contributed by atoms with E-state index in [0.717, 1.165) is 44.9 Å². The molecule has 0 radical (unpaired) electrons. The van der Waals surface area contributed by atoms with Crippen molar-refractivity contribution >= 4 is 19.8 Å². The second kappa shape index (κ2) is 36.0. The number of unbranched alkanes of at least 4 members (excludes halogenated alkanes) is 16. The number of phosphoric ester groups is 1. The Hall–Kier alpha value is -1.77. The summed E-state index contributed by atoms with van der Waals surface area (Å²) in [4.78, 5) is 34.9. The van der Waals surface area contributed by atoms with E-state index < -0.39 is 32.5 Å². The third-order valence-electron chi connectivity index (χ3n) is 8.01. The van der Waals surface area contributed by atoms with E-state index in [-0.39, 0.29) is 26.1 Å². The van der Waals surface area contributed by atoms with Gasteiger partial charge in [0.25, 0.3) is 0 Å². The van der Waals surface area contributed by atoms with Crippen LogP contribution in [0, 0.1) is 0 Å². The van der Waals surface area contributed by atoms with Gasteiger partial charge >= 0.3 is 19.8 Å².